The van der Waals surface area contributed by atoms with E-state index < -0.39 is 4.92 Å². The number of hydrogen-bond donors (Lipinski definition) is 0. The molecule has 126 valence electrons. The van der Waals surface area contributed by atoms with Crippen molar-refractivity contribution in [2.24, 2.45) is 10.2 Å². The van der Waals surface area contributed by atoms with Crippen LogP contribution in [0.2, 0.25) is 0 Å². The molecule has 3 aromatic carbocycles. The van der Waals surface area contributed by atoms with E-state index in [1.165, 1.54) is 18.3 Å². The van der Waals surface area contributed by atoms with Crippen LogP contribution in [0.3, 0.4) is 0 Å². The van der Waals surface area contributed by atoms with Gasteiger partial charge in [-0.2, -0.15) is 5.10 Å². The maximum Gasteiger partial charge on any atom is 0.270 e. The first kappa shape index (κ1) is 15.7. The number of nitrogens with zero attached hydrogens (tertiary/aromatic N) is 3. The smallest absolute Gasteiger partial charge is 0.270 e. The molecule has 0 radical (unpaired) electrons. The summed E-state index contributed by atoms with van der Waals surface area (Å²) in [6.07, 6.45) is 1.26. The Morgan fingerprint density at radius 1 is 0.846 bits per heavy atom. The molecule has 0 fully saturated rings. The number of non-ortho nitro benzene ring substituents is 1. The average Bonchev–Trinajstić information content (AvgIpc) is 2.97. The van der Waals surface area contributed by atoms with E-state index in [0.717, 1.165) is 28.3 Å². The standard InChI is InChI=1S/C20H13N3O3/c24-19-10-9-14(23(25)26)11-13(19)12-21-22-20-17-7-3-1-5-15(17)16-6-2-4-8-18(16)20/h1-12,24H/p-1. The number of benzene rings is 3. The van der Waals surface area contributed by atoms with Crippen molar-refractivity contribution in [3.05, 3.63) is 93.5 Å². The van der Waals surface area contributed by atoms with Gasteiger partial charge in [-0.25, -0.2) is 0 Å². The Labute approximate surface area is 148 Å². The minimum atomic E-state index is -0.549. The Hall–Kier alpha value is -3.80. The van der Waals surface area contributed by atoms with Gasteiger partial charge in [0.05, 0.1) is 11.1 Å². The monoisotopic (exact) mass is 342 g/mol. The van der Waals surface area contributed by atoms with Crippen LogP contribution < -0.4 is 5.11 Å². The molecule has 0 N–H and O–H groups in total. The van der Waals surface area contributed by atoms with Crippen molar-refractivity contribution in [3.63, 3.8) is 0 Å². The third-order valence-corrected chi connectivity index (χ3v) is 4.21. The Morgan fingerprint density at radius 3 is 2.00 bits per heavy atom. The normalized spacial score (nSPS) is 12.1. The van der Waals surface area contributed by atoms with Crippen LogP contribution in [-0.2, 0) is 0 Å². The van der Waals surface area contributed by atoms with Gasteiger partial charge in [0.25, 0.3) is 5.69 Å². The van der Waals surface area contributed by atoms with Crippen LogP contribution in [0.1, 0.15) is 16.7 Å². The topological polar surface area (TPSA) is 90.9 Å². The van der Waals surface area contributed by atoms with Crippen molar-refractivity contribution in [2.45, 2.75) is 0 Å². The number of nitro benzene ring substituents is 1. The Morgan fingerprint density at radius 2 is 1.42 bits per heavy atom. The molecule has 26 heavy (non-hydrogen) atoms. The molecule has 0 aliphatic heterocycles. The van der Waals surface area contributed by atoms with Crippen LogP contribution in [0.25, 0.3) is 11.1 Å². The molecule has 4 rings (SSSR count). The van der Waals surface area contributed by atoms with Gasteiger partial charge in [0.1, 0.15) is 5.71 Å². The highest BCUT2D eigenvalue weighted by molar-refractivity contribution is 6.24. The lowest BCUT2D eigenvalue weighted by molar-refractivity contribution is -0.385. The Kier molecular flexibility index (Phi) is 3.78. The van der Waals surface area contributed by atoms with E-state index in [0.29, 0.717) is 5.71 Å². The third kappa shape index (κ3) is 2.63. The van der Waals surface area contributed by atoms with Crippen LogP contribution in [0.5, 0.6) is 5.75 Å². The zero-order valence-corrected chi connectivity index (χ0v) is 13.5. The number of nitro groups is 1. The largest absolute Gasteiger partial charge is 0.872 e. The van der Waals surface area contributed by atoms with Crippen LogP contribution in [0, 0.1) is 10.1 Å². The van der Waals surface area contributed by atoms with Gasteiger partial charge in [-0.3, -0.25) is 10.1 Å². The van der Waals surface area contributed by atoms with Gasteiger partial charge in [0.2, 0.25) is 0 Å². The quantitative estimate of drug-likeness (QED) is 0.324. The predicted octanol–water partition coefficient (Wildman–Crippen LogP) is 3.52. The van der Waals surface area contributed by atoms with Crippen molar-refractivity contribution >= 4 is 17.6 Å². The fraction of sp³-hybridized carbons (Fsp3) is 0. The maximum atomic E-state index is 11.9. The second-order valence-corrected chi connectivity index (χ2v) is 5.76. The molecular weight excluding hydrogens is 330 g/mol. The highest BCUT2D eigenvalue weighted by Gasteiger charge is 2.23. The van der Waals surface area contributed by atoms with Crippen molar-refractivity contribution in [1.29, 1.82) is 0 Å². The third-order valence-electron chi connectivity index (χ3n) is 4.21. The summed E-state index contributed by atoms with van der Waals surface area (Å²) in [6, 6.07) is 19.3. The summed E-state index contributed by atoms with van der Waals surface area (Å²) in [5.74, 6) is -0.341. The minimum absolute atomic E-state index is 0.128. The van der Waals surface area contributed by atoms with Gasteiger partial charge >= 0.3 is 0 Å². The SMILES string of the molecule is O=[N+]([O-])c1ccc([O-])c(C=NN=C2c3ccccc3-c3ccccc32)c1. The Balaban J connectivity index is 1.75. The van der Waals surface area contributed by atoms with Gasteiger partial charge in [0, 0.05) is 23.3 Å². The average molecular weight is 342 g/mol. The molecule has 0 atom stereocenters. The lowest BCUT2D eigenvalue weighted by Crippen LogP contribution is -1.99. The Bertz CT molecular complexity index is 1040. The summed E-state index contributed by atoms with van der Waals surface area (Å²) in [5, 5.41) is 31.0. The molecule has 0 aromatic heterocycles. The highest BCUT2D eigenvalue weighted by Crippen LogP contribution is 2.36. The van der Waals surface area contributed by atoms with E-state index in [1.54, 1.807) is 0 Å². The summed E-state index contributed by atoms with van der Waals surface area (Å²) in [7, 11) is 0. The number of hydrogen-bond acceptors (Lipinski definition) is 5. The van der Waals surface area contributed by atoms with Gasteiger partial charge in [-0.15, -0.1) is 5.10 Å². The molecule has 0 amide bonds. The first-order valence-corrected chi connectivity index (χ1v) is 7.91. The molecule has 0 heterocycles. The van der Waals surface area contributed by atoms with Gasteiger partial charge in [0.15, 0.2) is 0 Å². The molecule has 1 aliphatic carbocycles. The van der Waals surface area contributed by atoms with Crippen molar-refractivity contribution in [1.82, 2.24) is 0 Å². The lowest BCUT2D eigenvalue weighted by atomic mass is 10.1. The van der Waals surface area contributed by atoms with Crippen LogP contribution in [0.4, 0.5) is 5.69 Å². The first-order chi connectivity index (χ1) is 12.6. The fourth-order valence-electron chi connectivity index (χ4n) is 3.00. The molecule has 6 heteroatoms. The molecule has 0 unspecified atom stereocenters. The predicted molar refractivity (Wildman–Crippen MR) is 97.7 cm³/mol. The molecule has 1 aliphatic rings. The van der Waals surface area contributed by atoms with Gasteiger partial charge in [-0.1, -0.05) is 60.3 Å². The number of fused-ring (bicyclic) bond motifs is 3. The van der Waals surface area contributed by atoms with Crippen LogP contribution in [-0.4, -0.2) is 16.8 Å². The zero-order chi connectivity index (χ0) is 18.1. The van der Waals surface area contributed by atoms with Crippen molar-refractivity contribution in [2.75, 3.05) is 0 Å². The highest BCUT2D eigenvalue weighted by atomic mass is 16.6. The second kappa shape index (κ2) is 6.25. The van der Waals surface area contributed by atoms with E-state index in [4.69, 9.17) is 0 Å². The lowest BCUT2D eigenvalue weighted by Gasteiger charge is -2.07. The molecule has 0 bridgehead atoms. The van der Waals surface area contributed by atoms with E-state index in [9.17, 15) is 15.2 Å². The zero-order valence-electron chi connectivity index (χ0n) is 13.5. The summed E-state index contributed by atoms with van der Waals surface area (Å²) >= 11 is 0. The summed E-state index contributed by atoms with van der Waals surface area (Å²) in [5.41, 5.74) is 4.78. The van der Waals surface area contributed by atoms with Gasteiger partial charge in [-0.05, 0) is 16.7 Å². The molecule has 0 spiro atoms. The minimum Gasteiger partial charge on any atom is -0.872 e. The molecule has 6 nitrogen and oxygen atoms in total. The fourth-order valence-corrected chi connectivity index (χ4v) is 3.00. The van der Waals surface area contributed by atoms with E-state index in [2.05, 4.69) is 10.2 Å². The van der Waals surface area contributed by atoms with Gasteiger partial charge < -0.3 is 5.11 Å². The van der Waals surface area contributed by atoms with Crippen LogP contribution >= 0.6 is 0 Å². The maximum absolute atomic E-state index is 11.9. The molecule has 3 aromatic rings. The summed E-state index contributed by atoms with van der Waals surface area (Å²) < 4.78 is 0. The van der Waals surface area contributed by atoms with Crippen LogP contribution in [0.15, 0.2) is 76.9 Å². The number of rotatable bonds is 3. The molecular formula is C20H12N3O3-. The summed E-state index contributed by atoms with van der Waals surface area (Å²) in [6.45, 7) is 0. The summed E-state index contributed by atoms with van der Waals surface area (Å²) in [4.78, 5) is 10.3. The van der Waals surface area contributed by atoms with Crippen molar-refractivity contribution < 1.29 is 10.0 Å². The van der Waals surface area contributed by atoms with E-state index in [1.807, 2.05) is 48.5 Å². The van der Waals surface area contributed by atoms with E-state index >= 15 is 0 Å². The first-order valence-electron chi connectivity index (χ1n) is 7.91. The molecule has 0 saturated carbocycles. The van der Waals surface area contributed by atoms with Crippen molar-refractivity contribution in [3.8, 4) is 16.9 Å². The second-order valence-electron chi connectivity index (χ2n) is 5.76. The van der Waals surface area contributed by atoms with E-state index in [-0.39, 0.29) is 17.0 Å². The molecule has 0 saturated heterocycles.